The zero-order valence-corrected chi connectivity index (χ0v) is 12.5. The number of anilines is 1. The molecule has 1 aromatic heterocycles. The van der Waals surface area contributed by atoms with Crippen LogP contribution in [0.1, 0.15) is 0 Å². The number of rotatable bonds is 4. The van der Waals surface area contributed by atoms with E-state index in [0.717, 1.165) is 12.1 Å². The summed E-state index contributed by atoms with van der Waals surface area (Å²) in [5, 5.41) is 10.5. The smallest absolute Gasteiger partial charge is 0.271 e. The van der Waals surface area contributed by atoms with E-state index in [4.69, 9.17) is 23.2 Å². The summed E-state index contributed by atoms with van der Waals surface area (Å²) in [5.41, 5.74) is -0.417. The van der Waals surface area contributed by atoms with E-state index in [1.165, 1.54) is 24.4 Å². The van der Waals surface area contributed by atoms with Crippen molar-refractivity contribution in [2.24, 2.45) is 0 Å². The van der Waals surface area contributed by atoms with Crippen molar-refractivity contribution < 1.29 is 13.3 Å². The number of nitro groups is 1. The first-order chi connectivity index (χ1) is 9.81. The van der Waals surface area contributed by atoms with Gasteiger partial charge >= 0.3 is 0 Å². The highest BCUT2D eigenvalue weighted by Gasteiger charge is 2.21. The zero-order chi connectivity index (χ0) is 15.6. The molecule has 0 amide bonds. The lowest BCUT2D eigenvalue weighted by atomic mass is 10.3. The van der Waals surface area contributed by atoms with E-state index < -0.39 is 14.9 Å². The first kappa shape index (κ1) is 15.5. The van der Waals surface area contributed by atoms with Gasteiger partial charge in [0.2, 0.25) is 0 Å². The first-order valence-electron chi connectivity index (χ1n) is 5.38. The molecule has 0 aliphatic rings. The average Bonchev–Trinajstić information content (AvgIpc) is 2.41. The lowest BCUT2D eigenvalue weighted by Gasteiger charge is -2.10. The molecule has 0 saturated heterocycles. The highest BCUT2D eigenvalue weighted by atomic mass is 35.5. The molecule has 1 N–H and O–H groups in total. The molecular weight excluding hydrogens is 341 g/mol. The largest absolute Gasteiger partial charge is 0.278 e. The Balaban J connectivity index is 2.44. The average molecular weight is 348 g/mol. The third kappa shape index (κ3) is 3.41. The molecule has 0 atom stereocenters. The number of hydrogen-bond acceptors (Lipinski definition) is 5. The van der Waals surface area contributed by atoms with Gasteiger partial charge in [-0.05, 0) is 18.2 Å². The number of aromatic nitrogens is 1. The molecule has 0 fully saturated rings. The molecule has 1 heterocycles. The van der Waals surface area contributed by atoms with Crippen molar-refractivity contribution in [1.29, 1.82) is 0 Å². The molecule has 7 nitrogen and oxygen atoms in total. The van der Waals surface area contributed by atoms with Crippen molar-refractivity contribution in [1.82, 2.24) is 4.98 Å². The van der Waals surface area contributed by atoms with Crippen molar-refractivity contribution in [2.45, 2.75) is 4.90 Å². The summed E-state index contributed by atoms with van der Waals surface area (Å²) >= 11 is 11.6. The number of pyridine rings is 1. The Morgan fingerprint density at radius 3 is 2.57 bits per heavy atom. The first-order valence-corrected chi connectivity index (χ1v) is 7.62. The Bertz CT molecular complexity index is 811. The number of benzene rings is 1. The maximum absolute atomic E-state index is 12.2. The maximum Gasteiger partial charge on any atom is 0.271 e. The predicted molar refractivity (Wildman–Crippen MR) is 78.2 cm³/mol. The van der Waals surface area contributed by atoms with Crippen molar-refractivity contribution >= 4 is 44.6 Å². The Hall–Kier alpha value is -1.90. The lowest BCUT2D eigenvalue weighted by molar-refractivity contribution is -0.384. The molecule has 10 heteroatoms. The van der Waals surface area contributed by atoms with Gasteiger partial charge in [0.1, 0.15) is 10.0 Å². The van der Waals surface area contributed by atoms with Gasteiger partial charge in [0.25, 0.3) is 15.7 Å². The van der Waals surface area contributed by atoms with Gasteiger partial charge in [0, 0.05) is 18.3 Å². The molecule has 2 aromatic rings. The topological polar surface area (TPSA) is 102 Å². The van der Waals surface area contributed by atoms with Crippen LogP contribution in [0.25, 0.3) is 0 Å². The minimum absolute atomic E-state index is 0.0178. The quantitative estimate of drug-likeness (QED) is 0.520. The summed E-state index contributed by atoms with van der Waals surface area (Å²) in [6, 6.07) is 6.06. The fraction of sp³-hybridized carbons (Fsp3) is 0. The zero-order valence-electron chi connectivity index (χ0n) is 10.2. The van der Waals surface area contributed by atoms with Gasteiger partial charge in [0.05, 0.1) is 15.6 Å². The van der Waals surface area contributed by atoms with Gasteiger partial charge in [0.15, 0.2) is 0 Å². The fourth-order valence-corrected chi connectivity index (χ4v) is 3.22. The van der Waals surface area contributed by atoms with Gasteiger partial charge in [-0.15, -0.1) is 0 Å². The van der Waals surface area contributed by atoms with E-state index >= 15 is 0 Å². The Labute approximate surface area is 129 Å². The summed E-state index contributed by atoms with van der Waals surface area (Å²) < 4.78 is 26.5. The second kappa shape index (κ2) is 5.84. The third-order valence-electron chi connectivity index (χ3n) is 2.42. The predicted octanol–water partition coefficient (Wildman–Crippen LogP) is 3.10. The summed E-state index contributed by atoms with van der Waals surface area (Å²) in [6.07, 6.45) is 1.34. The standard InChI is InChI=1S/C11H7Cl2N3O4S/c12-8-4-3-7(16(17)18)6-9(8)15-21(19,20)10-2-1-5-14-11(10)13/h1-6,15H. The van der Waals surface area contributed by atoms with Crippen molar-refractivity contribution in [3.63, 3.8) is 0 Å². The van der Waals surface area contributed by atoms with Crippen LogP contribution in [0, 0.1) is 10.1 Å². The van der Waals surface area contributed by atoms with Gasteiger partial charge in [-0.1, -0.05) is 23.2 Å². The molecule has 1 aromatic carbocycles. The molecule has 0 aliphatic carbocycles. The molecule has 0 saturated carbocycles. The molecule has 2 rings (SSSR count). The highest BCUT2D eigenvalue weighted by Crippen LogP contribution is 2.29. The van der Waals surface area contributed by atoms with Crippen molar-refractivity contribution in [2.75, 3.05) is 4.72 Å². The van der Waals surface area contributed by atoms with E-state index in [1.54, 1.807) is 0 Å². The van der Waals surface area contributed by atoms with Gasteiger partial charge < -0.3 is 0 Å². The van der Waals surface area contributed by atoms with Crippen molar-refractivity contribution in [3.8, 4) is 0 Å². The molecular formula is C11H7Cl2N3O4S. The van der Waals surface area contributed by atoms with Crippen LogP contribution in [0.15, 0.2) is 41.4 Å². The van der Waals surface area contributed by atoms with E-state index in [2.05, 4.69) is 9.71 Å². The number of nitrogens with zero attached hydrogens (tertiary/aromatic N) is 2. The maximum atomic E-state index is 12.2. The third-order valence-corrected chi connectivity index (χ3v) is 4.56. The van der Waals surface area contributed by atoms with Crippen LogP contribution in [0.5, 0.6) is 0 Å². The molecule has 0 unspecified atom stereocenters. The van der Waals surface area contributed by atoms with E-state index in [0.29, 0.717) is 0 Å². The van der Waals surface area contributed by atoms with Crippen LogP contribution in [-0.2, 0) is 10.0 Å². The van der Waals surface area contributed by atoms with Gasteiger partial charge in [-0.25, -0.2) is 13.4 Å². The summed E-state index contributed by atoms with van der Waals surface area (Å²) in [6.45, 7) is 0. The Morgan fingerprint density at radius 1 is 1.24 bits per heavy atom. The molecule has 0 radical (unpaired) electrons. The van der Waals surface area contributed by atoms with Crippen LogP contribution >= 0.6 is 23.2 Å². The number of sulfonamides is 1. The number of nitro benzene ring substituents is 1. The van der Waals surface area contributed by atoms with Crippen LogP contribution in [0.4, 0.5) is 11.4 Å². The van der Waals surface area contributed by atoms with Crippen LogP contribution in [0.3, 0.4) is 0 Å². The second-order valence-electron chi connectivity index (χ2n) is 3.82. The summed E-state index contributed by atoms with van der Waals surface area (Å²) in [5.74, 6) is 0. The number of non-ortho nitro benzene ring substituents is 1. The summed E-state index contributed by atoms with van der Waals surface area (Å²) in [4.78, 5) is 13.5. The monoisotopic (exact) mass is 347 g/mol. The fourth-order valence-electron chi connectivity index (χ4n) is 1.48. The minimum Gasteiger partial charge on any atom is -0.278 e. The van der Waals surface area contributed by atoms with Crippen molar-refractivity contribution in [3.05, 3.63) is 56.8 Å². The molecule has 0 bridgehead atoms. The van der Waals surface area contributed by atoms with Gasteiger partial charge in [-0.3, -0.25) is 14.8 Å². The molecule has 21 heavy (non-hydrogen) atoms. The highest BCUT2D eigenvalue weighted by molar-refractivity contribution is 7.92. The Morgan fingerprint density at radius 2 is 1.95 bits per heavy atom. The molecule has 0 aliphatic heterocycles. The normalized spacial score (nSPS) is 11.1. The molecule has 0 spiro atoms. The van der Waals surface area contributed by atoms with Crippen LogP contribution in [-0.4, -0.2) is 18.3 Å². The van der Waals surface area contributed by atoms with E-state index in [-0.39, 0.29) is 26.4 Å². The Kier molecular flexibility index (Phi) is 4.31. The second-order valence-corrected chi connectivity index (χ2v) is 6.24. The number of nitrogens with one attached hydrogen (secondary N) is 1. The van der Waals surface area contributed by atoms with E-state index in [1.807, 2.05) is 0 Å². The minimum atomic E-state index is -4.06. The SMILES string of the molecule is O=[N+]([O-])c1ccc(Cl)c(NS(=O)(=O)c2cccnc2Cl)c1. The number of halogens is 2. The number of hydrogen-bond donors (Lipinski definition) is 1. The van der Waals surface area contributed by atoms with Crippen LogP contribution in [0.2, 0.25) is 10.2 Å². The lowest BCUT2D eigenvalue weighted by Crippen LogP contribution is -2.14. The van der Waals surface area contributed by atoms with E-state index in [9.17, 15) is 18.5 Å². The summed E-state index contributed by atoms with van der Waals surface area (Å²) in [7, 11) is -4.06. The van der Waals surface area contributed by atoms with Crippen LogP contribution < -0.4 is 4.72 Å². The van der Waals surface area contributed by atoms with Gasteiger partial charge in [-0.2, -0.15) is 0 Å². The molecule has 110 valence electrons.